The van der Waals surface area contributed by atoms with Crippen LogP contribution >= 0.6 is 0 Å². The molecule has 4 N–H and O–H groups in total. The Morgan fingerprint density at radius 3 is 2.52 bits per heavy atom. The summed E-state index contributed by atoms with van der Waals surface area (Å²) in [7, 11) is 0. The number of aliphatic hydroxyl groups is 1. The average molecular weight is 348 g/mol. The molecule has 0 aromatic heterocycles. The van der Waals surface area contributed by atoms with E-state index in [0.29, 0.717) is 12.1 Å². The monoisotopic (exact) mass is 347 g/mol. The predicted octanol–water partition coefficient (Wildman–Crippen LogP) is 2.28. The van der Waals surface area contributed by atoms with E-state index >= 15 is 0 Å². The molecule has 0 aliphatic carbocycles. The molecule has 0 radical (unpaired) electrons. The van der Waals surface area contributed by atoms with Crippen LogP contribution in [0.15, 0.2) is 60.4 Å². The van der Waals surface area contributed by atoms with Crippen molar-refractivity contribution >= 4 is 5.91 Å². The van der Waals surface area contributed by atoms with Gasteiger partial charge in [-0.25, -0.2) is 0 Å². The highest BCUT2D eigenvalue weighted by molar-refractivity contribution is 5.96. The lowest BCUT2D eigenvalue weighted by Crippen LogP contribution is -2.42. The second-order valence-electron chi connectivity index (χ2n) is 5.41. The predicted molar refractivity (Wildman–Crippen MR) is 106 cm³/mol. The van der Waals surface area contributed by atoms with Crippen LogP contribution in [-0.4, -0.2) is 48.2 Å². The fourth-order valence-electron chi connectivity index (χ4n) is 2.53. The van der Waals surface area contributed by atoms with Gasteiger partial charge in [0.1, 0.15) is 0 Å². The zero-order chi connectivity index (χ0) is 19.2. The Hall–Kier alpha value is -2.11. The summed E-state index contributed by atoms with van der Waals surface area (Å²) in [6, 6.07) is 0. The number of amides is 1. The van der Waals surface area contributed by atoms with Gasteiger partial charge in [-0.15, -0.1) is 0 Å². The van der Waals surface area contributed by atoms with Gasteiger partial charge in [0.05, 0.1) is 6.10 Å². The molecule has 5 heteroatoms. The van der Waals surface area contributed by atoms with Crippen LogP contribution in [0, 0.1) is 0 Å². The van der Waals surface area contributed by atoms with Crippen LogP contribution in [0.25, 0.3) is 0 Å². The summed E-state index contributed by atoms with van der Waals surface area (Å²) >= 11 is 0. The molecule has 1 rings (SSSR count). The van der Waals surface area contributed by atoms with Gasteiger partial charge in [0.25, 0.3) is 5.91 Å². The van der Waals surface area contributed by atoms with E-state index in [-0.39, 0.29) is 12.5 Å². The molecule has 1 aliphatic heterocycles. The molecular formula is C20H33N3O2. The van der Waals surface area contributed by atoms with Crippen molar-refractivity contribution in [1.29, 1.82) is 0 Å². The third-order valence-corrected chi connectivity index (χ3v) is 3.81. The van der Waals surface area contributed by atoms with Crippen LogP contribution in [0.3, 0.4) is 0 Å². The number of hydrogen-bond acceptors (Lipinski definition) is 4. The van der Waals surface area contributed by atoms with Crippen LogP contribution in [0.1, 0.15) is 27.2 Å². The van der Waals surface area contributed by atoms with E-state index < -0.39 is 6.10 Å². The van der Waals surface area contributed by atoms with E-state index in [2.05, 4.69) is 23.4 Å². The number of nitrogens with two attached hydrogens (primary N) is 1. The number of carbonyl (C=O) groups is 1. The lowest BCUT2D eigenvalue weighted by atomic mass is 10.00. The van der Waals surface area contributed by atoms with Crippen molar-refractivity contribution in [2.45, 2.75) is 33.3 Å². The van der Waals surface area contributed by atoms with Gasteiger partial charge in [0.2, 0.25) is 0 Å². The molecule has 140 valence electrons. The van der Waals surface area contributed by atoms with Crippen LogP contribution in [0.5, 0.6) is 0 Å². The Labute approximate surface area is 152 Å². The van der Waals surface area contributed by atoms with E-state index in [9.17, 15) is 9.90 Å². The van der Waals surface area contributed by atoms with Crippen molar-refractivity contribution in [3.8, 4) is 0 Å². The first kappa shape index (κ1) is 22.9. The number of allylic oxidation sites excluding steroid dienone is 2. The summed E-state index contributed by atoms with van der Waals surface area (Å²) in [4.78, 5) is 14.0. The molecule has 1 amide bonds. The summed E-state index contributed by atoms with van der Waals surface area (Å²) in [6.07, 6.45) is 8.50. The minimum absolute atomic E-state index is 0.201. The van der Waals surface area contributed by atoms with Crippen LogP contribution in [-0.2, 0) is 4.79 Å². The van der Waals surface area contributed by atoms with Crippen LogP contribution < -0.4 is 11.1 Å². The highest BCUT2D eigenvalue weighted by atomic mass is 16.3. The Balaban J connectivity index is 0.00000277. The SMILES string of the molecule is C=CC1=C(C=C)CN(CC(O)CNC(=O)C(/C=C\N)=C/C)CC1.CC. The zero-order valence-corrected chi connectivity index (χ0v) is 15.8. The lowest BCUT2D eigenvalue weighted by Gasteiger charge is -2.30. The molecule has 1 atom stereocenters. The van der Waals surface area contributed by atoms with Crippen molar-refractivity contribution in [3.05, 3.63) is 60.4 Å². The highest BCUT2D eigenvalue weighted by Crippen LogP contribution is 2.19. The smallest absolute Gasteiger partial charge is 0.251 e. The van der Waals surface area contributed by atoms with Crippen LogP contribution in [0.2, 0.25) is 0 Å². The third kappa shape index (κ3) is 8.01. The fraction of sp³-hybridized carbons (Fsp3) is 0.450. The molecule has 25 heavy (non-hydrogen) atoms. The van der Waals surface area contributed by atoms with Crippen molar-refractivity contribution < 1.29 is 9.90 Å². The first-order valence-electron chi connectivity index (χ1n) is 8.75. The topological polar surface area (TPSA) is 78.6 Å². The Morgan fingerprint density at radius 1 is 1.36 bits per heavy atom. The van der Waals surface area contributed by atoms with Gasteiger partial charge < -0.3 is 16.2 Å². The molecule has 0 aromatic carbocycles. The molecular weight excluding hydrogens is 314 g/mol. The summed E-state index contributed by atoms with van der Waals surface area (Å²) in [5.41, 5.74) is 8.13. The maximum absolute atomic E-state index is 11.9. The second kappa shape index (κ2) is 13.2. The second-order valence-corrected chi connectivity index (χ2v) is 5.41. The number of rotatable bonds is 8. The maximum Gasteiger partial charge on any atom is 0.251 e. The maximum atomic E-state index is 11.9. The summed E-state index contributed by atoms with van der Waals surface area (Å²) in [5, 5.41) is 12.9. The largest absolute Gasteiger partial charge is 0.405 e. The average Bonchev–Trinajstić information content (AvgIpc) is 2.65. The Morgan fingerprint density at radius 2 is 2.00 bits per heavy atom. The van der Waals surface area contributed by atoms with Crippen LogP contribution in [0.4, 0.5) is 0 Å². The van der Waals surface area contributed by atoms with Gasteiger partial charge >= 0.3 is 0 Å². The lowest BCUT2D eigenvalue weighted by molar-refractivity contribution is -0.117. The van der Waals surface area contributed by atoms with Gasteiger partial charge in [-0.3, -0.25) is 9.69 Å². The Bertz CT molecular complexity index is 533. The van der Waals surface area contributed by atoms with Gasteiger partial charge in [-0.05, 0) is 36.8 Å². The first-order valence-corrected chi connectivity index (χ1v) is 8.75. The number of carbonyl (C=O) groups excluding carboxylic acids is 1. The summed E-state index contributed by atoms with van der Waals surface area (Å²) in [5.74, 6) is -0.243. The van der Waals surface area contributed by atoms with Crippen molar-refractivity contribution in [2.24, 2.45) is 5.73 Å². The van der Waals surface area contributed by atoms with E-state index in [0.717, 1.165) is 25.1 Å². The van der Waals surface area contributed by atoms with Gasteiger partial charge in [0.15, 0.2) is 0 Å². The van der Waals surface area contributed by atoms with E-state index in [1.807, 2.05) is 26.0 Å². The quantitative estimate of drug-likeness (QED) is 0.465. The third-order valence-electron chi connectivity index (χ3n) is 3.81. The first-order chi connectivity index (χ1) is 12.0. The molecule has 0 spiro atoms. The molecule has 1 aliphatic rings. The molecule has 1 heterocycles. The summed E-state index contributed by atoms with van der Waals surface area (Å²) in [6.45, 7) is 15.7. The number of aliphatic hydroxyl groups excluding tert-OH is 1. The molecule has 0 saturated heterocycles. The molecule has 0 bridgehead atoms. The standard InChI is InChI=1S/C18H27N3O2.C2H6/c1-4-14-8-10-21(12-16(14)6-3)13-17(22)11-20-18(23)15(5-2)7-9-19;1-2/h4-7,9,17,22H,1,3,8,10-13,19H2,2H3,(H,20,23);1-2H3/b9-7-,15-5+;. The number of β-amino-alcohol motifs (C(OH)–C–C–N with tert-alkyl or cyclic N) is 1. The van der Waals surface area contributed by atoms with Crippen molar-refractivity contribution in [3.63, 3.8) is 0 Å². The number of hydrogen-bond donors (Lipinski definition) is 3. The molecule has 0 saturated carbocycles. The minimum Gasteiger partial charge on any atom is -0.405 e. The fourth-order valence-corrected chi connectivity index (χ4v) is 2.53. The van der Waals surface area contributed by atoms with E-state index in [1.54, 1.807) is 13.0 Å². The van der Waals surface area contributed by atoms with Gasteiger partial charge in [0, 0.05) is 31.8 Å². The summed E-state index contributed by atoms with van der Waals surface area (Å²) < 4.78 is 0. The Kier molecular flexibility index (Phi) is 12.1. The minimum atomic E-state index is -0.629. The van der Waals surface area contributed by atoms with Gasteiger partial charge in [-0.1, -0.05) is 45.2 Å². The number of nitrogens with one attached hydrogen (secondary N) is 1. The van der Waals surface area contributed by atoms with E-state index in [1.165, 1.54) is 17.8 Å². The van der Waals surface area contributed by atoms with Gasteiger partial charge in [-0.2, -0.15) is 0 Å². The molecule has 1 unspecified atom stereocenters. The highest BCUT2D eigenvalue weighted by Gasteiger charge is 2.19. The zero-order valence-electron chi connectivity index (χ0n) is 15.8. The number of nitrogens with zero attached hydrogens (tertiary/aromatic N) is 1. The van der Waals surface area contributed by atoms with Crippen molar-refractivity contribution in [2.75, 3.05) is 26.2 Å². The molecule has 5 nitrogen and oxygen atoms in total. The molecule has 0 aromatic rings. The molecule has 0 fully saturated rings. The van der Waals surface area contributed by atoms with E-state index in [4.69, 9.17) is 5.73 Å². The van der Waals surface area contributed by atoms with Crippen molar-refractivity contribution in [1.82, 2.24) is 10.2 Å². The normalized spacial score (nSPS) is 16.9.